The maximum absolute atomic E-state index is 13.0. The second-order valence-electron chi connectivity index (χ2n) is 7.29. The molecule has 0 aliphatic rings. The van der Waals surface area contributed by atoms with Crippen LogP contribution in [0.1, 0.15) is 23.7 Å². The third-order valence-corrected chi connectivity index (χ3v) is 6.01. The summed E-state index contributed by atoms with van der Waals surface area (Å²) in [6, 6.07) is 8.08. The zero-order valence-corrected chi connectivity index (χ0v) is 20.3. The first kappa shape index (κ1) is 30.8. The van der Waals surface area contributed by atoms with Gasteiger partial charge in [0.15, 0.2) is 0 Å². The summed E-state index contributed by atoms with van der Waals surface area (Å²) in [6.07, 6.45) is -5.10. The molecule has 0 saturated heterocycles. The summed E-state index contributed by atoms with van der Waals surface area (Å²) in [5, 5.41) is 10.5. The van der Waals surface area contributed by atoms with Gasteiger partial charge in [-0.05, 0) is 42.8 Å². The van der Waals surface area contributed by atoms with Gasteiger partial charge in [0, 0.05) is 12.1 Å². The number of carboxylic acid groups (broad SMARTS) is 1. The van der Waals surface area contributed by atoms with Crippen molar-refractivity contribution in [3.8, 4) is 0 Å². The number of aromatic nitrogens is 1. The van der Waals surface area contributed by atoms with Crippen LogP contribution in [-0.2, 0) is 24.4 Å². The Labute approximate surface area is 208 Å². The molecule has 0 spiro atoms. The molecule has 1 aromatic heterocycles. The van der Waals surface area contributed by atoms with E-state index in [-0.39, 0.29) is 29.6 Å². The van der Waals surface area contributed by atoms with Crippen LogP contribution in [0.3, 0.4) is 0 Å². The lowest BCUT2D eigenvalue weighted by Crippen LogP contribution is -2.37. The number of nitrogens with zero attached hydrogens (tertiary/aromatic N) is 2. The minimum absolute atomic E-state index is 0.0130. The van der Waals surface area contributed by atoms with Crippen LogP contribution in [0.5, 0.6) is 0 Å². The van der Waals surface area contributed by atoms with E-state index in [1.54, 1.807) is 32.0 Å². The van der Waals surface area contributed by atoms with Gasteiger partial charge in [0.1, 0.15) is 18.3 Å². The number of primary amides is 1. The van der Waals surface area contributed by atoms with Crippen LogP contribution in [0, 0.1) is 13.8 Å². The van der Waals surface area contributed by atoms with Crippen molar-refractivity contribution in [3.63, 3.8) is 0 Å². The molecule has 0 aliphatic carbocycles. The molecule has 2 rings (SSSR count). The van der Waals surface area contributed by atoms with Crippen molar-refractivity contribution in [2.75, 3.05) is 11.3 Å². The predicted molar refractivity (Wildman–Crippen MR) is 126 cm³/mol. The van der Waals surface area contributed by atoms with Crippen LogP contribution in [0.15, 0.2) is 51.2 Å². The SMILES string of the molecule is Cc1ccccc1S(=O)(=O)Nc1ccc(C)n(C(CCON=C(N)N)C(N)=O)c1=O.O=C(O)C(F)(F)F. The van der Waals surface area contributed by atoms with E-state index in [0.29, 0.717) is 11.3 Å². The number of anilines is 1. The van der Waals surface area contributed by atoms with E-state index in [2.05, 4.69) is 9.88 Å². The average molecular weight is 551 g/mol. The molecule has 1 unspecified atom stereocenters. The molecule has 8 N–H and O–H groups in total. The van der Waals surface area contributed by atoms with Gasteiger partial charge in [-0.1, -0.05) is 18.2 Å². The number of oxime groups is 1. The number of pyridine rings is 1. The lowest BCUT2D eigenvalue weighted by atomic mass is 10.1. The molecule has 13 nitrogen and oxygen atoms in total. The molecule has 2 aromatic rings. The molecule has 204 valence electrons. The summed E-state index contributed by atoms with van der Waals surface area (Å²) >= 11 is 0. The summed E-state index contributed by atoms with van der Waals surface area (Å²) < 4.78 is 60.6. The van der Waals surface area contributed by atoms with Gasteiger partial charge in [-0.3, -0.25) is 18.9 Å². The van der Waals surface area contributed by atoms with Crippen molar-refractivity contribution in [1.29, 1.82) is 0 Å². The Morgan fingerprint density at radius 2 is 1.70 bits per heavy atom. The zero-order chi connectivity index (χ0) is 28.6. The highest BCUT2D eigenvalue weighted by Gasteiger charge is 2.38. The summed E-state index contributed by atoms with van der Waals surface area (Å²) in [5.74, 6) is -3.86. The summed E-state index contributed by atoms with van der Waals surface area (Å²) in [4.78, 5) is 38.8. The fourth-order valence-electron chi connectivity index (χ4n) is 2.85. The monoisotopic (exact) mass is 550 g/mol. The maximum atomic E-state index is 13.0. The number of carboxylic acids is 1. The number of aliphatic carboxylic acids is 1. The number of nitrogens with one attached hydrogen (secondary N) is 1. The Hall–Kier alpha value is -4.28. The van der Waals surface area contributed by atoms with Gasteiger partial charge in [0.25, 0.3) is 15.6 Å². The smallest absolute Gasteiger partial charge is 0.475 e. The van der Waals surface area contributed by atoms with E-state index in [1.807, 2.05) is 0 Å². The van der Waals surface area contributed by atoms with Gasteiger partial charge in [-0.2, -0.15) is 13.2 Å². The number of benzene rings is 1. The highest BCUT2D eigenvalue weighted by Crippen LogP contribution is 2.19. The Balaban J connectivity index is 0.000000856. The maximum Gasteiger partial charge on any atom is 0.490 e. The normalized spacial score (nSPS) is 11.9. The second kappa shape index (κ2) is 12.6. The Morgan fingerprint density at radius 3 is 2.19 bits per heavy atom. The average Bonchev–Trinajstić information content (AvgIpc) is 2.76. The number of amides is 1. The number of halogens is 3. The topological polar surface area (TPSA) is 222 Å². The van der Waals surface area contributed by atoms with E-state index >= 15 is 0 Å². The fraction of sp³-hybridized carbons (Fsp3) is 0.300. The Morgan fingerprint density at radius 1 is 1.14 bits per heavy atom. The largest absolute Gasteiger partial charge is 0.490 e. The summed E-state index contributed by atoms with van der Waals surface area (Å²) in [6.45, 7) is 3.13. The number of rotatable bonds is 9. The van der Waals surface area contributed by atoms with Crippen LogP contribution in [-0.4, -0.2) is 48.7 Å². The molecule has 1 aromatic carbocycles. The van der Waals surface area contributed by atoms with E-state index in [1.165, 1.54) is 18.2 Å². The molecular weight excluding hydrogens is 525 g/mol. The van der Waals surface area contributed by atoms with Crippen LogP contribution in [0.2, 0.25) is 0 Å². The minimum Gasteiger partial charge on any atom is -0.475 e. The van der Waals surface area contributed by atoms with Crippen LogP contribution < -0.4 is 27.5 Å². The number of hydrogen-bond donors (Lipinski definition) is 5. The molecule has 0 aliphatic heterocycles. The van der Waals surface area contributed by atoms with Crippen LogP contribution in [0.25, 0.3) is 0 Å². The molecule has 0 saturated carbocycles. The van der Waals surface area contributed by atoms with Crippen molar-refractivity contribution in [2.24, 2.45) is 22.4 Å². The van der Waals surface area contributed by atoms with Gasteiger partial charge in [-0.15, -0.1) is 0 Å². The molecule has 0 radical (unpaired) electrons. The van der Waals surface area contributed by atoms with Crippen LogP contribution in [0.4, 0.5) is 18.9 Å². The van der Waals surface area contributed by atoms with E-state index in [0.717, 1.165) is 4.57 Å². The van der Waals surface area contributed by atoms with Gasteiger partial charge >= 0.3 is 12.1 Å². The number of carbonyl (C=O) groups excluding carboxylic acids is 1. The molecule has 1 atom stereocenters. The number of alkyl halides is 3. The van der Waals surface area contributed by atoms with Gasteiger partial charge < -0.3 is 27.1 Å². The van der Waals surface area contributed by atoms with E-state index in [9.17, 15) is 31.2 Å². The lowest BCUT2D eigenvalue weighted by molar-refractivity contribution is -0.192. The predicted octanol–water partition coefficient (Wildman–Crippen LogP) is 0.521. The van der Waals surface area contributed by atoms with E-state index < -0.39 is 39.7 Å². The number of guanidine groups is 1. The molecule has 17 heteroatoms. The van der Waals surface area contributed by atoms with Crippen molar-refractivity contribution in [3.05, 3.63) is 58.0 Å². The third kappa shape index (κ3) is 9.02. The Bertz CT molecular complexity index is 1320. The standard InChI is InChI=1S/C18H24N6O5S.C2HF3O2/c1-11-5-3-4-6-15(11)30(27,28)23-13-8-7-12(2)24(17(13)26)14(16(19)25)9-10-29-22-18(20)21;3-2(4,5)1(6)7/h3-8,14,23H,9-10H2,1-2H3,(H2,19,25)(H4,20,21,22);(H,6,7). The molecular formula is C20H25F3N6O7S. The summed E-state index contributed by atoms with van der Waals surface area (Å²) in [5.41, 5.74) is 15.8. The number of sulfonamides is 1. The third-order valence-electron chi connectivity index (χ3n) is 4.48. The van der Waals surface area contributed by atoms with E-state index in [4.69, 9.17) is 31.9 Å². The van der Waals surface area contributed by atoms with Crippen LogP contribution >= 0.6 is 0 Å². The first-order valence-electron chi connectivity index (χ1n) is 10.1. The number of hydrogen-bond acceptors (Lipinski definition) is 7. The molecule has 1 amide bonds. The van der Waals surface area contributed by atoms with Crippen molar-refractivity contribution in [1.82, 2.24) is 4.57 Å². The second-order valence-corrected chi connectivity index (χ2v) is 8.94. The highest BCUT2D eigenvalue weighted by atomic mass is 32.2. The molecule has 1 heterocycles. The van der Waals surface area contributed by atoms with Gasteiger partial charge in [0.2, 0.25) is 11.9 Å². The van der Waals surface area contributed by atoms with Gasteiger partial charge in [-0.25, -0.2) is 13.2 Å². The Kier molecular flexibility index (Phi) is 10.5. The zero-order valence-electron chi connectivity index (χ0n) is 19.5. The number of nitrogens with two attached hydrogens (primary N) is 3. The van der Waals surface area contributed by atoms with Crippen molar-refractivity contribution < 1.29 is 41.1 Å². The minimum atomic E-state index is -5.08. The van der Waals surface area contributed by atoms with Gasteiger partial charge in [0.05, 0.1) is 4.90 Å². The molecule has 0 bridgehead atoms. The first-order valence-corrected chi connectivity index (χ1v) is 11.6. The quantitative estimate of drug-likeness (QED) is 0.127. The molecule has 37 heavy (non-hydrogen) atoms. The number of aryl methyl sites for hydroxylation is 2. The van der Waals surface area contributed by atoms with Crippen molar-refractivity contribution in [2.45, 2.75) is 37.4 Å². The number of carbonyl (C=O) groups is 2. The highest BCUT2D eigenvalue weighted by molar-refractivity contribution is 7.92. The van der Waals surface area contributed by atoms with Crippen molar-refractivity contribution >= 4 is 33.5 Å². The summed E-state index contributed by atoms with van der Waals surface area (Å²) in [7, 11) is -4.02. The lowest BCUT2D eigenvalue weighted by Gasteiger charge is -2.20. The first-order chi connectivity index (χ1) is 17.0. The molecule has 0 fully saturated rings. The fourth-order valence-corrected chi connectivity index (χ4v) is 4.16.